The number of rotatable bonds is 12. The maximum absolute atomic E-state index is 14.1. The van der Waals surface area contributed by atoms with E-state index >= 15 is 0 Å². The van der Waals surface area contributed by atoms with Gasteiger partial charge in [0.2, 0.25) is 21.8 Å². The summed E-state index contributed by atoms with van der Waals surface area (Å²) in [5.41, 5.74) is 2.73. The van der Waals surface area contributed by atoms with Gasteiger partial charge < -0.3 is 15.0 Å². The van der Waals surface area contributed by atoms with E-state index in [0.29, 0.717) is 12.3 Å². The fourth-order valence-electron chi connectivity index (χ4n) is 4.27. The lowest BCUT2D eigenvalue weighted by molar-refractivity contribution is -0.140. The van der Waals surface area contributed by atoms with Gasteiger partial charge in [-0.1, -0.05) is 64.5 Å². The molecule has 0 aliphatic carbocycles. The summed E-state index contributed by atoms with van der Waals surface area (Å²) in [6.07, 6.45) is 1.31. The van der Waals surface area contributed by atoms with Gasteiger partial charge in [-0.25, -0.2) is 8.42 Å². The maximum Gasteiger partial charge on any atom is 0.244 e. The summed E-state index contributed by atoms with van der Waals surface area (Å²) < 4.78 is 33.3. The minimum absolute atomic E-state index is 0.107. The van der Waals surface area contributed by atoms with Crippen LogP contribution in [0.25, 0.3) is 0 Å². The van der Waals surface area contributed by atoms with Crippen molar-refractivity contribution in [1.29, 1.82) is 0 Å². The third-order valence-electron chi connectivity index (χ3n) is 6.15. The highest BCUT2D eigenvalue weighted by molar-refractivity contribution is 9.10. The number of likely N-dealkylation sites (N-methyl/N-ethyl adjacent to an activating group) is 1. The molecule has 0 fully saturated rings. The van der Waals surface area contributed by atoms with Gasteiger partial charge in [0, 0.05) is 24.0 Å². The molecule has 3 aromatic rings. The monoisotopic (exact) mass is 615 g/mol. The average Bonchev–Trinajstić information content (AvgIpc) is 2.89. The number of sulfonamides is 1. The molecule has 1 atom stereocenters. The number of carbonyl (C=O) groups excluding carboxylic acids is 2. The van der Waals surface area contributed by atoms with Crippen molar-refractivity contribution >= 4 is 43.5 Å². The first-order valence-electron chi connectivity index (χ1n) is 12.5. The molecule has 208 valence electrons. The number of halogens is 1. The smallest absolute Gasteiger partial charge is 0.244 e. The van der Waals surface area contributed by atoms with E-state index in [1.807, 2.05) is 68.4 Å². The van der Waals surface area contributed by atoms with Gasteiger partial charge in [0.15, 0.2) is 0 Å². The summed E-state index contributed by atoms with van der Waals surface area (Å²) in [4.78, 5) is 28.9. The van der Waals surface area contributed by atoms with E-state index in [0.717, 1.165) is 31.7 Å². The van der Waals surface area contributed by atoms with Crippen LogP contribution in [0.1, 0.15) is 23.6 Å². The molecule has 0 bridgehead atoms. The summed E-state index contributed by atoms with van der Waals surface area (Å²) >= 11 is 3.47. The molecule has 0 radical (unpaired) electrons. The van der Waals surface area contributed by atoms with Gasteiger partial charge in [-0.05, 0) is 54.8 Å². The molecule has 0 saturated heterocycles. The van der Waals surface area contributed by atoms with Crippen molar-refractivity contribution < 1.29 is 22.7 Å². The summed E-state index contributed by atoms with van der Waals surface area (Å²) in [5, 5.41) is 2.85. The van der Waals surface area contributed by atoms with Crippen LogP contribution in [0, 0.1) is 6.92 Å². The Morgan fingerprint density at radius 2 is 1.69 bits per heavy atom. The first kappa shape index (κ1) is 30.2. The van der Waals surface area contributed by atoms with Crippen molar-refractivity contribution in [2.24, 2.45) is 0 Å². The lowest BCUT2D eigenvalue weighted by Crippen LogP contribution is -2.53. The van der Waals surface area contributed by atoms with Crippen LogP contribution in [0.2, 0.25) is 0 Å². The highest BCUT2D eigenvalue weighted by atomic mass is 79.9. The van der Waals surface area contributed by atoms with Crippen LogP contribution in [-0.2, 0) is 32.6 Å². The molecular weight excluding hydrogens is 582 g/mol. The summed E-state index contributed by atoms with van der Waals surface area (Å²) in [6, 6.07) is 21.1. The van der Waals surface area contributed by atoms with Gasteiger partial charge in [0.25, 0.3) is 0 Å². The maximum atomic E-state index is 14.1. The lowest BCUT2D eigenvalue weighted by atomic mass is 10.0. The van der Waals surface area contributed by atoms with Gasteiger partial charge in [-0.3, -0.25) is 13.9 Å². The molecule has 39 heavy (non-hydrogen) atoms. The minimum Gasteiger partial charge on any atom is -0.495 e. The van der Waals surface area contributed by atoms with Gasteiger partial charge in [-0.15, -0.1) is 0 Å². The van der Waals surface area contributed by atoms with E-state index in [-0.39, 0.29) is 24.6 Å². The fraction of sp³-hybridized carbons (Fsp3) is 0.310. The van der Waals surface area contributed by atoms with Crippen LogP contribution < -0.4 is 14.4 Å². The molecule has 0 unspecified atom stereocenters. The predicted octanol–water partition coefficient (Wildman–Crippen LogP) is 4.31. The number of aryl methyl sites for hydroxylation is 1. The zero-order chi connectivity index (χ0) is 28.6. The highest BCUT2D eigenvalue weighted by Crippen LogP contribution is 2.31. The normalized spacial score (nSPS) is 11.9. The third kappa shape index (κ3) is 8.31. The molecule has 0 aliphatic rings. The van der Waals surface area contributed by atoms with Gasteiger partial charge in [0.05, 0.1) is 19.1 Å². The van der Waals surface area contributed by atoms with Crippen molar-refractivity contribution in [2.75, 3.05) is 30.8 Å². The van der Waals surface area contributed by atoms with E-state index in [1.54, 1.807) is 18.2 Å². The van der Waals surface area contributed by atoms with Crippen LogP contribution >= 0.6 is 15.9 Å². The van der Waals surface area contributed by atoms with Crippen molar-refractivity contribution in [1.82, 2.24) is 10.2 Å². The molecule has 3 rings (SSSR count). The van der Waals surface area contributed by atoms with Crippen LogP contribution in [0.3, 0.4) is 0 Å². The Balaban J connectivity index is 2.08. The number of amides is 2. The fourth-order valence-corrected chi connectivity index (χ4v) is 5.56. The van der Waals surface area contributed by atoms with Gasteiger partial charge >= 0.3 is 0 Å². The summed E-state index contributed by atoms with van der Waals surface area (Å²) in [6.45, 7) is 3.63. The molecule has 8 nitrogen and oxygen atoms in total. The number of benzene rings is 3. The number of anilines is 1. The Kier molecular flexibility index (Phi) is 10.5. The van der Waals surface area contributed by atoms with Crippen LogP contribution in [0.5, 0.6) is 5.75 Å². The standard InChI is InChI=1S/C29H34BrN3O5S/c1-5-31-29(35)26(18-22-10-7-6-8-11-22)32(19-23-12-9-13-24(30)17-23)28(34)20-33(39(4,36)37)25-16-21(2)14-15-27(25)38-3/h6-17,26H,5,18-20H2,1-4H3,(H,31,35)/t26-/m0/s1. The van der Waals surface area contributed by atoms with Gasteiger partial charge in [-0.2, -0.15) is 0 Å². The molecule has 10 heteroatoms. The molecule has 3 aromatic carbocycles. The largest absolute Gasteiger partial charge is 0.495 e. The van der Waals surface area contributed by atoms with Crippen molar-refractivity contribution in [3.8, 4) is 5.75 Å². The van der Waals surface area contributed by atoms with E-state index in [2.05, 4.69) is 21.2 Å². The van der Waals surface area contributed by atoms with Gasteiger partial charge in [0.1, 0.15) is 18.3 Å². The number of nitrogens with zero attached hydrogens (tertiary/aromatic N) is 2. The summed E-state index contributed by atoms with van der Waals surface area (Å²) in [5.74, 6) is -0.512. The lowest BCUT2D eigenvalue weighted by Gasteiger charge is -2.33. The van der Waals surface area contributed by atoms with Crippen molar-refractivity contribution in [3.63, 3.8) is 0 Å². The number of methoxy groups -OCH3 is 1. The molecule has 1 N–H and O–H groups in total. The van der Waals surface area contributed by atoms with Crippen LogP contribution in [0.4, 0.5) is 5.69 Å². The molecule has 0 aromatic heterocycles. The first-order chi connectivity index (χ1) is 18.5. The van der Waals surface area contributed by atoms with Crippen molar-refractivity contribution in [2.45, 2.75) is 32.9 Å². The van der Waals surface area contributed by atoms with E-state index in [4.69, 9.17) is 4.74 Å². The number of carbonyl (C=O) groups is 2. The first-order valence-corrected chi connectivity index (χ1v) is 15.2. The minimum atomic E-state index is -3.89. The second kappa shape index (κ2) is 13.6. The topological polar surface area (TPSA) is 96.0 Å². The van der Waals surface area contributed by atoms with Crippen LogP contribution in [0.15, 0.2) is 77.3 Å². The van der Waals surface area contributed by atoms with E-state index in [1.165, 1.54) is 12.0 Å². The molecule has 0 spiro atoms. The highest BCUT2D eigenvalue weighted by Gasteiger charge is 2.33. The second-order valence-electron chi connectivity index (χ2n) is 9.20. The zero-order valence-corrected chi connectivity index (χ0v) is 25.0. The third-order valence-corrected chi connectivity index (χ3v) is 7.77. The quantitative estimate of drug-likeness (QED) is 0.328. The van der Waals surface area contributed by atoms with Crippen LogP contribution in [-0.4, -0.2) is 57.6 Å². The second-order valence-corrected chi connectivity index (χ2v) is 12.0. The number of hydrogen-bond acceptors (Lipinski definition) is 5. The summed E-state index contributed by atoms with van der Waals surface area (Å²) in [7, 11) is -2.45. The zero-order valence-electron chi connectivity index (χ0n) is 22.6. The van der Waals surface area contributed by atoms with Crippen molar-refractivity contribution in [3.05, 3.63) is 94.0 Å². The Morgan fingerprint density at radius 3 is 2.31 bits per heavy atom. The molecule has 0 heterocycles. The Bertz CT molecular complexity index is 1400. The van der Waals surface area contributed by atoms with E-state index in [9.17, 15) is 18.0 Å². The Labute approximate surface area is 239 Å². The molecule has 0 saturated carbocycles. The molecule has 2 amide bonds. The molecular formula is C29H34BrN3O5S. The number of nitrogens with one attached hydrogen (secondary N) is 1. The molecule has 0 aliphatic heterocycles. The SMILES string of the molecule is CCNC(=O)[C@H](Cc1ccccc1)N(Cc1cccc(Br)c1)C(=O)CN(c1cc(C)ccc1OC)S(C)(=O)=O. The number of ether oxygens (including phenoxy) is 1. The van der Waals surface area contributed by atoms with E-state index < -0.39 is 28.5 Å². The average molecular weight is 617 g/mol. The Hall–Kier alpha value is -3.37. The number of hydrogen-bond donors (Lipinski definition) is 1. The Morgan fingerprint density at radius 1 is 1.00 bits per heavy atom. The predicted molar refractivity (Wildman–Crippen MR) is 157 cm³/mol.